The highest BCUT2D eigenvalue weighted by Gasteiger charge is 2.61. The van der Waals surface area contributed by atoms with E-state index in [2.05, 4.69) is 0 Å². The molecule has 1 aromatic carbocycles. The number of carbonyl (C=O) groups excluding carboxylic acids is 2. The number of esters is 1. The molecule has 0 aromatic heterocycles. The smallest absolute Gasteiger partial charge is 0.312 e. The summed E-state index contributed by atoms with van der Waals surface area (Å²) in [6, 6.07) is 7.99. The fourth-order valence-corrected chi connectivity index (χ4v) is 6.89. The molecule has 4 atom stereocenters. The van der Waals surface area contributed by atoms with Crippen molar-refractivity contribution in [3.05, 3.63) is 29.8 Å². The van der Waals surface area contributed by atoms with Gasteiger partial charge in [0.05, 0.1) is 11.0 Å². The minimum atomic E-state index is -0.816. The average molecular weight is 383 g/mol. The van der Waals surface area contributed by atoms with Crippen molar-refractivity contribution in [2.75, 3.05) is 4.90 Å². The van der Waals surface area contributed by atoms with E-state index < -0.39 is 17.1 Å². The highest BCUT2D eigenvalue weighted by Crippen LogP contribution is 2.62. The predicted octanol–water partition coefficient (Wildman–Crippen LogP) is 3.23. The third-order valence-electron chi connectivity index (χ3n) is 7.54. The molecule has 1 N–H and O–H groups in total. The summed E-state index contributed by atoms with van der Waals surface area (Å²) in [5.74, 6) is 0.390. The van der Waals surface area contributed by atoms with Gasteiger partial charge in [-0.3, -0.25) is 9.59 Å². The molecule has 0 radical (unpaired) electrons. The van der Waals surface area contributed by atoms with Gasteiger partial charge < -0.3 is 14.7 Å². The van der Waals surface area contributed by atoms with Crippen molar-refractivity contribution in [3.8, 4) is 0 Å². The summed E-state index contributed by atoms with van der Waals surface area (Å²) in [6.45, 7) is 3.71. The van der Waals surface area contributed by atoms with Crippen LogP contribution in [0.4, 0.5) is 5.69 Å². The molecule has 4 aliphatic carbocycles. The van der Waals surface area contributed by atoms with Gasteiger partial charge in [0.25, 0.3) is 5.91 Å². The van der Waals surface area contributed by atoms with Gasteiger partial charge in [-0.1, -0.05) is 18.2 Å². The summed E-state index contributed by atoms with van der Waals surface area (Å²) >= 11 is 0. The predicted molar refractivity (Wildman–Crippen MR) is 105 cm³/mol. The third kappa shape index (κ3) is 2.70. The van der Waals surface area contributed by atoms with Crippen molar-refractivity contribution in [1.82, 2.24) is 0 Å². The van der Waals surface area contributed by atoms with E-state index in [1.54, 1.807) is 11.8 Å². The van der Waals surface area contributed by atoms with E-state index in [1.165, 1.54) is 0 Å². The van der Waals surface area contributed by atoms with Crippen molar-refractivity contribution >= 4 is 17.6 Å². The Balaban J connectivity index is 1.33. The van der Waals surface area contributed by atoms with E-state index in [4.69, 9.17) is 4.74 Å². The molecule has 1 aliphatic heterocycles. The fourth-order valence-electron chi connectivity index (χ4n) is 6.89. The number of hydrogen-bond donors (Lipinski definition) is 1. The second kappa shape index (κ2) is 6.06. The lowest BCUT2D eigenvalue weighted by Crippen LogP contribution is -2.59. The first-order valence-corrected chi connectivity index (χ1v) is 10.6. The molecule has 0 saturated heterocycles. The van der Waals surface area contributed by atoms with E-state index in [9.17, 15) is 14.7 Å². The van der Waals surface area contributed by atoms with Gasteiger partial charge in [-0.2, -0.15) is 0 Å². The molecule has 6 rings (SSSR count). The maximum Gasteiger partial charge on any atom is 0.312 e. The summed E-state index contributed by atoms with van der Waals surface area (Å²) in [5, 5.41) is 10.9. The lowest BCUT2D eigenvalue weighted by molar-refractivity contribution is -0.199. The van der Waals surface area contributed by atoms with Gasteiger partial charge in [-0.25, -0.2) is 0 Å². The monoisotopic (exact) mass is 383 g/mol. The Morgan fingerprint density at radius 1 is 1.18 bits per heavy atom. The van der Waals surface area contributed by atoms with Crippen molar-refractivity contribution in [3.63, 3.8) is 0 Å². The number of hydrogen-bond acceptors (Lipinski definition) is 4. The zero-order valence-corrected chi connectivity index (χ0v) is 16.7. The molecule has 1 heterocycles. The number of benzene rings is 1. The van der Waals surface area contributed by atoms with Crippen molar-refractivity contribution in [2.45, 2.75) is 76.5 Å². The number of anilines is 1. The van der Waals surface area contributed by atoms with Crippen LogP contribution in [0.2, 0.25) is 0 Å². The molecule has 4 fully saturated rings. The number of amides is 1. The van der Waals surface area contributed by atoms with Gasteiger partial charge in [0.15, 0.2) is 6.10 Å². The molecule has 5 heteroatoms. The van der Waals surface area contributed by atoms with Crippen LogP contribution in [0.3, 0.4) is 0 Å². The molecule has 150 valence electrons. The Bertz CT molecular complexity index is 820. The molecular weight excluding hydrogens is 354 g/mol. The van der Waals surface area contributed by atoms with Gasteiger partial charge in [-0.15, -0.1) is 0 Å². The number of rotatable bonds is 3. The fraction of sp³-hybridized carbons (Fsp3) is 0.652. The average Bonchev–Trinajstić information content (AvgIpc) is 2.94. The van der Waals surface area contributed by atoms with Crippen molar-refractivity contribution < 1.29 is 19.4 Å². The molecule has 5 nitrogen and oxygen atoms in total. The Labute approximate surface area is 166 Å². The number of carbonyl (C=O) groups is 2. The van der Waals surface area contributed by atoms with Crippen LogP contribution in [0.1, 0.15) is 57.9 Å². The summed E-state index contributed by atoms with van der Waals surface area (Å²) in [4.78, 5) is 28.1. The molecule has 0 spiro atoms. The van der Waals surface area contributed by atoms with Crippen LogP contribution in [-0.2, 0) is 20.7 Å². The third-order valence-corrected chi connectivity index (χ3v) is 7.54. The maximum absolute atomic E-state index is 13.2. The highest BCUT2D eigenvalue weighted by molar-refractivity contribution is 6.00. The van der Waals surface area contributed by atoms with Gasteiger partial charge in [0.2, 0.25) is 0 Å². The second-order valence-corrected chi connectivity index (χ2v) is 9.90. The zero-order valence-electron chi connectivity index (χ0n) is 16.7. The maximum atomic E-state index is 13.2. The largest absolute Gasteiger partial charge is 0.452 e. The molecule has 1 aromatic rings. The Kier molecular flexibility index (Phi) is 3.93. The Hall–Kier alpha value is -1.88. The number of para-hydroxylation sites is 1. The molecule has 0 unspecified atom stereocenters. The molecular formula is C23H29NO4. The van der Waals surface area contributed by atoms with Crippen LogP contribution in [0, 0.1) is 17.3 Å². The molecule has 28 heavy (non-hydrogen) atoms. The first-order chi connectivity index (χ1) is 13.3. The first kappa shape index (κ1) is 18.2. The van der Waals surface area contributed by atoms with Crippen LogP contribution in [0.15, 0.2) is 24.3 Å². The number of nitrogens with zero attached hydrogens (tertiary/aromatic N) is 1. The second-order valence-electron chi connectivity index (χ2n) is 9.90. The molecule has 1 amide bonds. The van der Waals surface area contributed by atoms with Gasteiger partial charge in [-0.05, 0) is 82.3 Å². The minimum absolute atomic E-state index is 0.0614. The topological polar surface area (TPSA) is 66.8 Å². The SMILES string of the molecule is C[C@H](OC(=O)C12C[C@H]3C[C@@H](CC(O)(C3)C1)C2)C(=O)N1c2ccccc2C[C@H]1C. The van der Waals surface area contributed by atoms with Crippen LogP contribution < -0.4 is 4.90 Å². The van der Waals surface area contributed by atoms with Crippen LogP contribution in [-0.4, -0.2) is 34.7 Å². The first-order valence-electron chi connectivity index (χ1n) is 10.6. The highest BCUT2D eigenvalue weighted by atomic mass is 16.5. The van der Waals surface area contributed by atoms with Gasteiger partial charge in [0, 0.05) is 11.7 Å². The summed E-state index contributed by atoms with van der Waals surface area (Å²) < 4.78 is 5.78. The van der Waals surface area contributed by atoms with Crippen LogP contribution in [0.25, 0.3) is 0 Å². The lowest BCUT2D eigenvalue weighted by Gasteiger charge is -2.58. The minimum Gasteiger partial charge on any atom is -0.452 e. The summed E-state index contributed by atoms with van der Waals surface area (Å²) in [7, 11) is 0. The van der Waals surface area contributed by atoms with E-state index in [-0.39, 0.29) is 17.9 Å². The number of fused-ring (bicyclic) bond motifs is 1. The van der Waals surface area contributed by atoms with E-state index in [1.807, 2.05) is 31.2 Å². The van der Waals surface area contributed by atoms with E-state index in [0.29, 0.717) is 18.3 Å². The van der Waals surface area contributed by atoms with Gasteiger partial charge in [0.1, 0.15) is 0 Å². The summed E-state index contributed by atoms with van der Waals surface area (Å²) in [6.07, 6.45) is 4.85. The van der Waals surface area contributed by atoms with E-state index >= 15 is 0 Å². The zero-order chi connectivity index (χ0) is 19.7. The quantitative estimate of drug-likeness (QED) is 0.814. The Morgan fingerprint density at radius 3 is 2.54 bits per heavy atom. The molecule has 4 saturated carbocycles. The normalized spacial score (nSPS) is 39.0. The van der Waals surface area contributed by atoms with Gasteiger partial charge >= 0.3 is 5.97 Å². The van der Waals surface area contributed by atoms with E-state index in [0.717, 1.165) is 49.8 Å². The standard InChI is InChI=1S/C23H29NO4/c1-14-7-18-5-3-4-6-19(18)24(14)20(25)15(2)28-21(26)22-9-16-8-17(10-22)12-23(27,11-16)13-22/h3-6,14-17,27H,7-13H2,1-2H3/t14-,15+,16-,17-,22?,23?/m1/s1. The summed E-state index contributed by atoms with van der Waals surface area (Å²) in [5.41, 5.74) is 0.776. The van der Waals surface area contributed by atoms with Crippen molar-refractivity contribution in [1.29, 1.82) is 0 Å². The van der Waals surface area contributed by atoms with Crippen LogP contribution >= 0.6 is 0 Å². The van der Waals surface area contributed by atoms with Crippen molar-refractivity contribution in [2.24, 2.45) is 17.3 Å². The number of ether oxygens (including phenoxy) is 1. The molecule has 5 aliphatic rings. The lowest BCUT2D eigenvalue weighted by atomic mass is 9.48. The number of aliphatic hydroxyl groups is 1. The van der Waals surface area contributed by atoms with Crippen LogP contribution in [0.5, 0.6) is 0 Å². The Morgan fingerprint density at radius 2 is 1.86 bits per heavy atom. The molecule has 4 bridgehead atoms.